The van der Waals surface area contributed by atoms with Crippen molar-refractivity contribution < 1.29 is 22.7 Å². The summed E-state index contributed by atoms with van der Waals surface area (Å²) in [6.45, 7) is 4.51. The highest BCUT2D eigenvalue weighted by molar-refractivity contribution is 7.89. The Kier molecular flexibility index (Phi) is 6.78. The smallest absolute Gasteiger partial charge is 0.316 e. The number of anilines is 1. The average molecular weight is 529 g/mol. The lowest BCUT2D eigenvalue weighted by Crippen LogP contribution is -2.50. The zero-order valence-electron chi connectivity index (χ0n) is 20.6. The molecule has 5 rings (SSSR count). The van der Waals surface area contributed by atoms with Gasteiger partial charge in [-0.05, 0) is 43.2 Å². The van der Waals surface area contributed by atoms with Gasteiger partial charge in [0.25, 0.3) is 0 Å². The summed E-state index contributed by atoms with van der Waals surface area (Å²) in [7, 11) is -3.40. The summed E-state index contributed by atoms with van der Waals surface area (Å²) in [5.74, 6) is -0.485. The molecule has 2 unspecified atom stereocenters. The number of ether oxygens (including phenoxy) is 1. The highest BCUT2D eigenvalue weighted by Crippen LogP contribution is 2.42. The Morgan fingerprint density at radius 2 is 1.76 bits per heavy atom. The van der Waals surface area contributed by atoms with E-state index in [-0.39, 0.29) is 30.9 Å². The number of benzene rings is 2. The van der Waals surface area contributed by atoms with Gasteiger partial charge >= 0.3 is 5.56 Å². The fourth-order valence-corrected chi connectivity index (χ4v) is 6.13. The molecule has 0 amide bonds. The van der Waals surface area contributed by atoms with E-state index in [9.17, 15) is 22.7 Å². The molecule has 2 heterocycles. The Hall–Kier alpha value is -3.28. The van der Waals surface area contributed by atoms with Crippen LogP contribution >= 0.6 is 0 Å². The fourth-order valence-electron chi connectivity index (χ4n) is 4.86. The van der Waals surface area contributed by atoms with Crippen molar-refractivity contribution in [3.8, 4) is 11.4 Å². The first-order chi connectivity index (χ1) is 17.7. The van der Waals surface area contributed by atoms with Crippen molar-refractivity contribution in [2.75, 3.05) is 31.1 Å². The molecule has 1 N–H and O–H groups in total. The van der Waals surface area contributed by atoms with Crippen LogP contribution in [0.25, 0.3) is 5.69 Å². The summed E-state index contributed by atoms with van der Waals surface area (Å²) < 4.78 is 48.0. The zero-order valence-corrected chi connectivity index (χ0v) is 21.4. The second-order valence-corrected chi connectivity index (χ2v) is 12.0. The van der Waals surface area contributed by atoms with Gasteiger partial charge < -0.3 is 14.7 Å². The van der Waals surface area contributed by atoms with Crippen LogP contribution in [-0.2, 0) is 10.0 Å². The number of piperazine rings is 1. The lowest BCUT2D eigenvalue weighted by atomic mass is 10.1. The molecule has 3 aromatic rings. The van der Waals surface area contributed by atoms with Gasteiger partial charge in [-0.2, -0.15) is 14.1 Å². The second-order valence-electron chi connectivity index (χ2n) is 9.52. The lowest BCUT2D eigenvalue weighted by Gasteiger charge is -2.36. The number of aliphatic hydroxyl groups is 1. The van der Waals surface area contributed by atoms with E-state index < -0.39 is 38.9 Å². The molecule has 0 saturated carbocycles. The van der Waals surface area contributed by atoms with Crippen LogP contribution in [0.5, 0.6) is 5.75 Å². The number of fused-ring (bicyclic) bond motifs is 1. The van der Waals surface area contributed by atoms with Crippen molar-refractivity contribution in [2.45, 2.75) is 37.7 Å². The molecule has 37 heavy (non-hydrogen) atoms. The van der Waals surface area contributed by atoms with E-state index >= 15 is 0 Å². The summed E-state index contributed by atoms with van der Waals surface area (Å²) in [6.07, 6.45) is 0.484. The van der Waals surface area contributed by atoms with Crippen molar-refractivity contribution in [1.29, 1.82) is 0 Å². The van der Waals surface area contributed by atoms with Crippen molar-refractivity contribution in [3.63, 3.8) is 0 Å². The number of aliphatic hydroxyl groups excluding tert-OH is 1. The largest absolute Gasteiger partial charge is 0.478 e. The number of hydrogen-bond donors (Lipinski definition) is 1. The van der Waals surface area contributed by atoms with Crippen LogP contribution in [0.4, 0.5) is 10.1 Å². The molecular weight excluding hydrogens is 499 g/mol. The van der Waals surface area contributed by atoms with Gasteiger partial charge in [0.15, 0.2) is 0 Å². The third kappa shape index (κ3) is 4.74. The number of hydrogen-bond acceptors (Lipinski definition) is 7. The quantitative estimate of drug-likeness (QED) is 0.525. The molecule has 1 fully saturated rings. The lowest BCUT2D eigenvalue weighted by molar-refractivity contribution is 0.119. The molecule has 9 nitrogen and oxygen atoms in total. The first-order valence-electron chi connectivity index (χ1n) is 12.2. The maximum Gasteiger partial charge on any atom is 0.316 e. The summed E-state index contributed by atoms with van der Waals surface area (Å²) >= 11 is 0. The molecule has 1 aromatic heterocycles. The van der Waals surface area contributed by atoms with Gasteiger partial charge in [-0.25, -0.2) is 12.8 Å². The van der Waals surface area contributed by atoms with E-state index in [1.54, 1.807) is 19.9 Å². The third-order valence-corrected chi connectivity index (χ3v) is 9.18. The van der Waals surface area contributed by atoms with Crippen molar-refractivity contribution in [1.82, 2.24) is 14.1 Å². The summed E-state index contributed by atoms with van der Waals surface area (Å²) in [6, 6.07) is 12.9. The Morgan fingerprint density at radius 3 is 2.43 bits per heavy atom. The minimum absolute atomic E-state index is 0.0216. The van der Waals surface area contributed by atoms with Gasteiger partial charge in [0.2, 0.25) is 15.8 Å². The molecule has 11 heteroatoms. The molecule has 2 aliphatic rings. The molecule has 1 aliphatic heterocycles. The topological polar surface area (TPSA) is 105 Å². The van der Waals surface area contributed by atoms with Crippen LogP contribution in [0.2, 0.25) is 0 Å². The molecule has 0 spiro atoms. The molecule has 196 valence electrons. The van der Waals surface area contributed by atoms with E-state index in [2.05, 4.69) is 5.10 Å². The number of nitrogens with zero attached hydrogens (tertiary/aromatic N) is 4. The van der Waals surface area contributed by atoms with Gasteiger partial charge in [-0.3, -0.25) is 4.79 Å². The average Bonchev–Trinajstić information content (AvgIpc) is 3.20. The fraction of sp³-hybridized carbons (Fsp3) is 0.385. The molecule has 0 bridgehead atoms. The minimum atomic E-state index is -3.40. The Balaban J connectivity index is 1.52. The van der Waals surface area contributed by atoms with Crippen molar-refractivity contribution in [2.24, 2.45) is 0 Å². The van der Waals surface area contributed by atoms with Crippen LogP contribution in [0.1, 0.15) is 43.6 Å². The van der Waals surface area contributed by atoms with Crippen LogP contribution in [0.3, 0.4) is 0 Å². The van der Waals surface area contributed by atoms with Crippen molar-refractivity contribution in [3.05, 3.63) is 82.0 Å². The van der Waals surface area contributed by atoms with E-state index in [0.29, 0.717) is 18.8 Å². The number of rotatable bonds is 6. The first-order valence-corrected chi connectivity index (χ1v) is 13.7. The number of halogens is 1. The van der Waals surface area contributed by atoms with E-state index in [0.717, 1.165) is 15.8 Å². The number of aromatic nitrogens is 2. The summed E-state index contributed by atoms with van der Waals surface area (Å²) in [5.41, 5.74) is 1.65. The van der Waals surface area contributed by atoms with Gasteiger partial charge in [0.05, 0.1) is 23.2 Å². The molecule has 2 aromatic carbocycles. The van der Waals surface area contributed by atoms with E-state index in [4.69, 9.17) is 4.74 Å². The highest BCUT2D eigenvalue weighted by atomic mass is 32.2. The Morgan fingerprint density at radius 1 is 1.05 bits per heavy atom. The molecule has 1 aliphatic carbocycles. The maximum absolute atomic E-state index is 13.9. The standard InChI is InChI=1S/C26H29FN4O5S/c1-17(2)37(34,35)30-12-10-29(11-13-30)22-16-28-31(19-7-5-6-18(27)14-19)26(33)25(22)36-24-15-23(32)20-8-3-4-9-21(20)24/h3-9,14,16-17,23-24,32H,10-13,15H2,1-2H3. The van der Waals surface area contributed by atoms with Gasteiger partial charge in [0.1, 0.15) is 17.6 Å². The molecule has 1 saturated heterocycles. The first kappa shape index (κ1) is 25.4. The predicted octanol–water partition coefficient (Wildman–Crippen LogP) is 2.79. The second kappa shape index (κ2) is 9.88. The Bertz CT molecular complexity index is 1470. The van der Waals surface area contributed by atoms with Crippen LogP contribution in [-0.4, -0.2) is 59.0 Å². The SMILES string of the molecule is CC(C)S(=O)(=O)N1CCN(c2cnn(-c3cccc(F)c3)c(=O)c2OC2CC(O)c3ccccc32)CC1. The van der Waals surface area contributed by atoms with Crippen molar-refractivity contribution >= 4 is 15.7 Å². The van der Waals surface area contributed by atoms with Gasteiger partial charge in [-0.1, -0.05) is 30.3 Å². The maximum atomic E-state index is 13.9. The molecular formula is C26H29FN4O5S. The zero-order chi connectivity index (χ0) is 26.3. The normalized spacial score (nSPS) is 20.3. The Labute approximate surface area is 214 Å². The van der Waals surface area contributed by atoms with Crippen LogP contribution < -0.4 is 15.2 Å². The summed E-state index contributed by atoms with van der Waals surface area (Å²) in [5, 5.41) is 14.3. The predicted molar refractivity (Wildman–Crippen MR) is 137 cm³/mol. The molecule has 2 atom stereocenters. The highest BCUT2D eigenvalue weighted by Gasteiger charge is 2.34. The van der Waals surface area contributed by atoms with Gasteiger partial charge in [-0.15, -0.1) is 0 Å². The monoisotopic (exact) mass is 528 g/mol. The summed E-state index contributed by atoms with van der Waals surface area (Å²) in [4.78, 5) is 15.6. The van der Waals surface area contributed by atoms with Crippen LogP contribution in [0.15, 0.2) is 59.5 Å². The van der Waals surface area contributed by atoms with Crippen LogP contribution in [0, 0.1) is 5.82 Å². The van der Waals surface area contributed by atoms with Gasteiger partial charge in [0, 0.05) is 32.6 Å². The minimum Gasteiger partial charge on any atom is -0.478 e. The van der Waals surface area contributed by atoms with E-state index in [1.165, 1.54) is 28.7 Å². The molecule has 0 radical (unpaired) electrons. The third-order valence-electron chi connectivity index (χ3n) is 6.90. The number of sulfonamides is 1. The van der Waals surface area contributed by atoms with E-state index in [1.807, 2.05) is 29.2 Å².